The van der Waals surface area contributed by atoms with Crippen LogP contribution < -0.4 is 0 Å². The van der Waals surface area contributed by atoms with Crippen molar-refractivity contribution in [1.29, 1.82) is 0 Å². The van der Waals surface area contributed by atoms with E-state index in [0.717, 1.165) is 11.1 Å². The summed E-state index contributed by atoms with van der Waals surface area (Å²) in [6.45, 7) is 4.08. The average molecular weight is 395 g/mol. The number of carbonyl (C=O) groups is 3. The van der Waals surface area contributed by atoms with E-state index >= 15 is 0 Å². The van der Waals surface area contributed by atoms with E-state index in [2.05, 4.69) is 6.07 Å². The molecule has 3 fully saturated rings. The van der Waals surface area contributed by atoms with Gasteiger partial charge in [0.1, 0.15) is 5.60 Å². The molecule has 4 aliphatic rings. The van der Waals surface area contributed by atoms with Gasteiger partial charge in [0.25, 0.3) is 0 Å². The fraction of sp³-hybridized carbons (Fsp3) is 0.500. The number of likely N-dealkylation sites (tertiary alicyclic amines) is 1. The van der Waals surface area contributed by atoms with Crippen molar-refractivity contribution in [1.82, 2.24) is 14.7 Å². The first-order chi connectivity index (χ1) is 13.9. The highest BCUT2D eigenvalue weighted by Crippen LogP contribution is 2.52. The smallest absolute Gasteiger partial charge is 0.241 e. The number of benzene rings is 1. The molecule has 3 saturated heterocycles. The molecule has 0 radical (unpaired) electrons. The lowest BCUT2D eigenvalue weighted by molar-refractivity contribution is -0.149. The molecule has 4 atom stereocenters. The largest absolute Gasteiger partial charge is 0.360 e. The molecule has 0 N–H and O–H groups in total. The molecular weight excluding hydrogens is 370 g/mol. The second kappa shape index (κ2) is 6.42. The number of hydrogen-bond acceptors (Lipinski definition) is 4. The molecule has 1 aromatic rings. The van der Waals surface area contributed by atoms with Gasteiger partial charge in [0.2, 0.25) is 17.7 Å². The van der Waals surface area contributed by atoms with Crippen LogP contribution in [-0.2, 0) is 25.7 Å². The normalized spacial score (nSPS) is 33.0. The summed E-state index contributed by atoms with van der Waals surface area (Å²) < 4.78 is 6.20. The summed E-state index contributed by atoms with van der Waals surface area (Å²) in [6.07, 6.45) is 3.50. The van der Waals surface area contributed by atoms with Crippen LogP contribution in [0, 0.1) is 18.8 Å². The van der Waals surface area contributed by atoms with Crippen molar-refractivity contribution in [3.8, 4) is 0 Å². The van der Waals surface area contributed by atoms with E-state index in [1.54, 1.807) is 21.7 Å². The first-order valence-electron chi connectivity index (χ1n) is 10.1. The first kappa shape index (κ1) is 18.4. The quantitative estimate of drug-likeness (QED) is 0.702. The van der Waals surface area contributed by atoms with Crippen LogP contribution in [0.3, 0.4) is 0 Å². The van der Waals surface area contributed by atoms with Gasteiger partial charge in [-0.3, -0.25) is 14.4 Å². The average Bonchev–Trinajstić information content (AvgIpc) is 3.32. The van der Waals surface area contributed by atoms with Gasteiger partial charge in [-0.15, -0.1) is 0 Å². The van der Waals surface area contributed by atoms with Gasteiger partial charge in [0.05, 0.1) is 31.0 Å². The van der Waals surface area contributed by atoms with Gasteiger partial charge in [-0.1, -0.05) is 42.0 Å². The Morgan fingerprint density at radius 3 is 2.86 bits per heavy atom. The van der Waals surface area contributed by atoms with E-state index in [1.807, 2.05) is 37.3 Å². The Morgan fingerprint density at radius 2 is 2.10 bits per heavy atom. The van der Waals surface area contributed by atoms with Crippen LogP contribution in [0.4, 0.5) is 0 Å². The number of rotatable bonds is 3. The van der Waals surface area contributed by atoms with E-state index in [9.17, 15) is 14.4 Å². The number of hydrogen-bond donors (Lipinski definition) is 0. The van der Waals surface area contributed by atoms with E-state index < -0.39 is 17.4 Å². The Bertz CT molecular complexity index is 928. The number of likely N-dealkylation sites (N-methyl/N-ethyl adjacent to an activating group) is 1. The van der Waals surface area contributed by atoms with Gasteiger partial charge in [-0.05, 0) is 12.5 Å². The minimum absolute atomic E-state index is 0.0304. The van der Waals surface area contributed by atoms with Crippen LogP contribution in [0.2, 0.25) is 0 Å². The van der Waals surface area contributed by atoms with Crippen molar-refractivity contribution in [3.63, 3.8) is 0 Å². The summed E-state index contributed by atoms with van der Waals surface area (Å²) in [4.78, 5) is 43.7. The Labute approximate surface area is 169 Å². The highest BCUT2D eigenvalue weighted by atomic mass is 16.5. The summed E-state index contributed by atoms with van der Waals surface area (Å²) in [6, 6.07) is 8.11. The molecule has 7 nitrogen and oxygen atoms in total. The van der Waals surface area contributed by atoms with E-state index in [0.29, 0.717) is 26.2 Å². The number of fused-ring (bicyclic) bond motifs is 1. The maximum Gasteiger partial charge on any atom is 0.241 e. The molecule has 7 heteroatoms. The zero-order valence-electron chi connectivity index (χ0n) is 16.7. The molecule has 152 valence electrons. The fourth-order valence-electron chi connectivity index (χ4n) is 5.18. The SMILES string of the molecule is Cc1cccc(CN2C[C@]34C=C[C@H](O3)[C@H](C(=O)N3CCN(C)C(=O)C3)[C@@H]4C2=O)c1. The molecule has 1 spiro atoms. The summed E-state index contributed by atoms with van der Waals surface area (Å²) >= 11 is 0. The van der Waals surface area contributed by atoms with Gasteiger partial charge < -0.3 is 19.4 Å². The number of piperazine rings is 1. The lowest BCUT2D eigenvalue weighted by atomic mass is 9.76. The molecule has 4 aliphatic heterocycles. The maximum absolute atomic E-state index is 13.3. The third-order valence-corrected chi connectivity index (χ3v) is 6.69. The van der Waals surface area contributed by atoms with Gasteiger partial charge in [-0.2, -0.15) is 0 Å². The van der Waals surface area contributed by atoms with Crippen LogP contribution in [0.5, 0.6) is 0 Å². The molecule has 1 aromatic carbocycles. The van der Waals surface area contributed by atoms with Crippen LogP contribution in [0.1, 0.15) is 11.1 Å². The Morgan fingerprint density at radius 1 is 1.28 bits per heavy atom. The monoisotopic (exact) mass is 395 g/mol. The molecule has 2 bridgehead atoms. The summed E-state index contributed by atoms with van der Waals surface area (Å²) in [5.74, 6) is -1.30. The molecule has 0 saturated carbocycles. The lowest BCUT2D eigenvalue weighted by Gasteiger charge is -2.35. The predicted molar refractivity (Wildman–Crippen MR) is 105 cm³/mol. The van der Waals surface area contributed by atoms with Crippen LogP contribution >= 0.6 is 0 Å². The minimum atomic E-state index is -0.720. The molecule has 3 amide bonds. The fourth-order valence-corrected chi connectivity index (χ4v) is 5.18. The van der Waals surface area contributed by atoms with Crippen molar-refractivity contribution in [2.75, 3.05) is 33.2 Å². The maximum atomic E-state index is 13.3. The van der Waals surface area contributed by atoms with Crippen LogP contribution in [0.15, 0.2) is 36.4 Å². The van der Waals surface area contributed by atoms with Crippen molar-refractivity contribution >= 4 is 17.7 Å². The van der Waals surface area contributed by atoms with Crippen molar-refractivity contribution in [2.24, 2.45) is 11.8 Å². The summed E-state index contributed by atoms with van der Waals surface area (Å²) in [5, 5.41) is 0. The third kappa shape index (κ3) is 2.79. The van der Waals surface area contributed by atoms with Gasteiger partial charge >= 0.3 is 0 Å². The molecule has 4 heterocycles. The Hall–Kier alpha value is -2.67. The zero-order chi connectivity index (χ0) is 20.3. The van der Waals surface area contributed by atoms with E-state index in [-0.39, 0.29) is 30.4 Å². The molecule has 0 aliphatic carbocycles. The lowest BCUT2D eigenvalue weighted by Crippen LogP contribution is -2.54. The molecule has 0 aromatic heterocycles. The number of carbonyl (C=O) groups excluding carboxylic acids is 3. The number of nitrogens with zero attached hydrogens (tertiary/aromatic N) is 3. The van der Waals surface area contributed by atoms with Crippen molar-refractivity contribution < 1.29 is 19.1 Å². The zero-order valence-corrected chi connectivity index (χ0v) is 16.7. The van der Waals surface area contributed by atoms with Crippen LogP contribution in [-0.4, -0.2) is 77.4 Å². The van der Waals surface area contributed by atoms with Crippen LogP contribution in [0.25, 0.3) is 0 Å². The summed E-state index contributed by atoms with van der Waals surface area (Å²) in [5.41, 5.74) is 1.50. The Balaban J connectivity index is 1.38. The van der Waals surface area contributed by atoms with E-state index in [1.165, 1.54) is 0 Å². The van der Waals surface area contributed by atoms with Gasteiger partial charge in [-0.25, -0.2) is 0 Å². The third-order valence-electron chi connectivity index (χ3n) is 6.69. The second-order valence-electron chi connectivity index (χ2n) is 8.66. The molecule has 29 heavy (non-hydrogen) atoms. The topological polar surface area (TPSA) is 70.2 Å². The molecule has 0 unspecified atom stereocenters. The number of amides is 3. The molecular formula is C22H25N3O4. The van der Waals surface area contributed by atoms with Crippen molar-refractivity contribution in [2.45, 2.75) is 25.2 Å². The Kier molecular flexibility index (Phi) is 4.07. The minimum Gasteiger partial charge on any atom is -0.360 e. The standard InChI is InChI=1S/C22H25N3O4/c1-14-4-3-5-15(10-14)11-25-13-22-7-6-16(29-22)18(19(22)21(25)28)20(27)24-9-8-23(2)17(26)12-24/h3-7,10,16,18-19H,8-9,11-13H2,1-2H3/t16-,18-,19+,22-/m0/s1. The number of ether oxygens (including phenoxy) is 1. The van der Waals surface area contributed by atoms with Gasteiger partial charge in [0, 0.05) is 26.7 Å². The highest BCUT2D eigenvalue weighted by molar-refractivity contribution is 5.94. The van der Waals surface area contributed by atoms with Crippen molar-refractivity contribution in [3.05, 3.63) is 47.5 Å². The molecule has 5 rings (SSSR count). The highest BCUT2D eigenvalue weighted by Gasteiger charge is 2.67. The van der Waals surface area contributed by atoms with Gasteiger partial charge in [0.15, 0.2) is 0 Å². The first-order valence-corrected chi connectivity index (χ1v) is 10.1. The van der Waals surface area contributed by atoms with E-state index in [4.69, 9.17) is 4.74 Å². The summed E-state index contributed by atoms with van der Waals surface area (Å²) in [7, 11) is 1.74. The predicted octanol–water partition coefficient (Wildman–Crippen LogP) is 0.578. The second-order valence-corrected chi connectivity index (χ2v) is 8.66. The number of aryl methyl sites for hydroxylation is 1.